The zero-order chi connectivity index (χ0) is 28.1. The lowest BCUT2D eigenvalue weighted by atomic mass is 10.1. The number of halogens is 4. The molecular formula is C25H18Cl4N2O6S. The lowest BCUT2D eigenvalue weighted by molar-refractivity contribution is -0.115. The van der Waals surface area contributed by atoms with Crippen LogP contribution in [0.15, 0.2) is 53.4 Å². The van der Waals surface area contributed by atoms with Crippen molar-refractivity contribution in [2.45, 2.75) is 23.5 Å². The fraction of sp³-hybridized carbons (Fsp3) is 0.120. The number of rotatable bonds is 9. The number of carbonyl (C=O) groups is 4. The maximum absolute atomic E-state index is 13.0. The Morgan fingerprint density at radius 1 is 0.789 bits per heavy atom. The number of amides is 2. The highest BCUT2D eigenvalue weighted by molar-refractivity contribution is 8.00. The van der Waals surface area contributed by atoms with Crippen molar-refractivity contribution in [1.82, 2.24) is 0 Å². The summed E-state index contributed by atoms with van der Waals surface area (Å²) < 4.78 is 0. The number of aromatic carboxylic acids is 2. The number of nitrogens with one attached hydrogen (secondary N) is 2. The molecule has 13 heteroatoms. The highest BCUT2D eigenvalue weighted by atomic mass is 35.5. The summed E-state index contributed by atoms with van der Waals surface area (Å²) in [5.41, 5.74) is -0.364. The van der Waals surface area contributed by atoms with E-state index in [0.29, 0.717) is 22.7 Å². The van der Waals surface area contributed by atoms with Crippen LogP contribution >= 0.6 is 58.2 Å². The van der Waals surface area contributed by atoms with E-state index in [2.05, 4.69) is 10.6 Å². The lowest BCUT2D eigenvalue weighted by Gasteiger charge is -2.16. The smallest absolute Gasteiger partial charge is 0.338 e. The third-order valence-corrected chi connectivity index (χ3v) is 8.28. The number of benzene rings is 3. The van der Waals surface area contributed by atoms with Gasteiger partial charge in [-0.3, -0.25) is 9.59 Å². The average Bonchev–Trinajstić information content (AvgIpc) is 2.87. The van der Waals surface area contributed by atoms with Crippen LogP contribution in [-0.2, 0) is 4.79 Å². The van der Waals surface area contributed by atoms with Gasteiger partial charge in [-0.25, -0.2) is 9.59 Å². The van der Waals surface area contributed by atoms with Crippen molar-refractivity contribution in [3.8, 4) is 0 Å². The summed E-state index contributed by atoms with van der Waals surface area (Å²) in [6, 6.07) is 12.4. The molecule has 0 saturated heterocycles. The van der Waals surface area contributed by atoms with Gasteiger partial charge in [0.2, 0.25) is 5.91 Å². The van der Waals surface area contributed by atoms with Crippen molar-refractivity contribution >= 4 is 93.3 Å². The zero-order valence-corrected chi connectivity index (χ0v) is 23.2. The molecule has 0 bridgehead atoms. The summed E-state index contributed by atoms with van der Waals surface area (Å²) in [7, 11) is 0. The molecule has 38 heavy (non-hydrogen) atoms. The average molecular weight is 616 g/mol. The lowest BCUT2D eigenvalue weighted by Crippen LogP contribution is -2.24. The molecule has 0 aliphatic carbocycles. The van der Waals surface area contributed by atoms with E-state index in [1.54, 1.807) is 30.3 Å². The molecule has 198 valence electrons. The topological polar surface area (TPSA) is 133 Å². The van der Waals surface area contributed by atoms with Crippen LogP contribution < -0.4 is 10.6 Å². The summed E-state index contributed by atoms with van der Waals surface area (Å²) in [5.74, 6) is -3.84. The highest BCUT2D eigenvalue weighted by Crippen LogP contribution is 2.42. The van der Waals surface area contributed by atoms with Gasteiger partial charge in [-0.2, -0.15) is 0 Å². The summed E-state index contributed by atoms with van der Waals surface area (Å²) in [6.45, 7) is 1.82. The molecule has 0 aliphatic rings. The summed E-state index contributed by atoms with van der Waals surface area (Å²) in [5, 5.41) is 22.1. The number of carboxylic acids is 2. The quantitative estimate of drug-likeness (QED) is 0.111. The largest absolute Gasteiger partial charge is 0.478 e. The Labute approximate surface area is 241 Å². The Kier molecular flexibility index (Phi) is 9.92. The van der Waals surface area contributed by atoms with Gasteiger partial charge in [-0.15, -0.1) is 11.8 Å². The molecule has 0 aromatic heterocycles. The van der Waals surface area contributed by atoms with E-state index in [0.717, 1.165) is 0 Å². The predicted octanol–water partition coefficient (Wildman–Crippen LogP) is 7.46. The van der Waals surface area contributed by atoms with Crippen molar-refractivity contribution in [1.29, 1.82) is 0 Å². The van der Waals surface area contributed by atoms with Crippen molar-refractivity contribution < 1.29 is 29.4 Å². The van der Waals surface area contributed by atoms with E-state index in [-0.39, 0.29) is 26.5 Å². The second-order valence-electron chi connectivity index (χ2n) is 7.68. The number of anilines is 2. The molecule has 1 atom stereocenters. The van der Waals surface area contributed by atoms with Gasteiger partial charge in [0.25, 0.3) is 5.91 Å². The van der Waals surface area contributed by atoms with Gasteiger partial charge in [0, 0.05) is 16.3 Å². The molecular weight excluding hydrogens is 598 g/mol. The molecule has 0 spiro atoms. The van der Waals surface area contributed by atoms with E-state index in [9.17, 15) is 24.3 Å². The van der Waals surface area contributed by atoms with E-state index >= 15 is 0 Å². The molecule has 3 aromatic rings. The fourth-order valence-electron chi connectivity index (χ4n) is 3.33. The van der Waals surface area contributed by atoms with E-state index < -0.39 is 39.2 Å². The molecule has 1 unspecified atom stereocenters. The number of thioether (sulfide) groups is 1. The van der Waals surface area contributed by atoms with Crippen LogP contribution in [-0.4, -0.2) is 39.2 Å². The van der Waals surface area contributed by atoms with E-state index in [1.165, 1.54) is 30.0 Å². The summed E-state index contributed by atoms with van der Waals surface area (Å²) >= 11 is 25.4. The Morgan fingerprint density at radius 2 is 1.37 bits per heavy atom. The van der Waals surface area contributed by atoms with Crippen LogP contribution in [0.5, 0.6) is 0 Å². The second-order valence-corrected chi connectivity index (χ2v) is 10.5. The normalized spacial score (nSPS) is 11.5. The number of carboxylic acid groups (broad SMARTS) is 2. The number of carbonyl (C=O) groups excluding carboxylic acids is 2. The van der Waals surface area contributed by atoms with Gasteiger partial charge >= 0.3 is 11.9 Å². The highest BCUT2D eigenvalue weighted by Gasteiger charge is 2.29. The van der Waals surface area contributed by atoms with Gasteiger partial charge in [0.1, 0.15) is 0 Å². The van der Waals surface area contributed by atoms with Crippen molar-refractivity contribution in [2.24, 2.45) is 0 Å². The van der Waals surface area contributed by atoms with Crippen LogP contribution in [0.25, 0.3) is 0 Å². The molecule has 3 rings (SSSR count). The third kappa shape index (κ3) is 6.73. The Morgan fingerprint density at radius 3 is 1.95 bits per heavy atom. The predicted molar refractivity (Wildman–Crippen MR) is 150 cm³/mol. The molecule has 0 saturated carbocycles. The number of hydrogen-bond acceptors (Lipinski definition) is 5. The molecule has 4 N–H and O–H groups in total. The third-order valence-electron chi connectivity index (χ3n) is 5.12. The maximum atomic E-state index is 13.0. The Bertz CT molecular complexity index is 1450. The van der Waals surface area contributed by atoms with Crippen molar-refractivity contribution in [2.75, 3.05) is 10.6 Å². The molecule has 2 amide bonds. The van der Waals surface area contributed by atoms with Gasteiger partial charge in [-0.1, -0.05) is 65.5 Å². The van der Waals surface area contributed by atoms with Gasteiger partial charge in [0.05, 0.1) is 42.0 Å². The van der Waals surface area contributed by atoms with Crippen LogP contribution in [0.4, 0.5) is 11.4 Å². The first-order valence-electron chi connectivity index (χ1n) is 10.8. The summed E-state index contributed by atoms with van der Waals surface area (Å²) in [6.07, 6.45) is 0.449. The van der Waals surface area contributed by atoms with Crippen LogP contribution in [0.3, 0.4) is 0 Å². The Balaban J connectivity index is 1.80. The summed E-state index contributed by atoms with van der Waals surface area (Å²) in [4.78, 5) is 49.5. The molecule has 0 heterocycles. The first-order chi connectivity index (χ1) is 17.9. The van der Waals surface area contributed by atoms with Crippen LogP contribution in [0.1, 0.15) is 44.4 Å². The standard InChI is InChI=1S/C25H18Cl4N2O6S/c1-2-15(22(32)30-12-6-3-5-11(9-12)24(34)35)38-14-8-4-7-13(10-14)31-23(33)16-17(25(36)37)19(27)21(29)20(28)18(16)26/h3-10,15H,2H2,1H3,(H,30,32)(H,31,33)(H,34,35)(H,36,37). The van der Waals surface area contributed by atoms with Crippen LogP contribution in [0.2, 0.25) is 20.1 Å². The minimum absolute atomic E-state index is 0.0429. The minimum atomic E-state index is -1.52. The first kappa shape index (κ1) is 29.6. The second kappa shape index (κ2) is 12.7. The monoisotopic (exact) mass is 614 g/mol. The number of hydrogen-bond donors (Lipinski definition) is 4. The van der Waals surface area contributed by atoms with Gasteiger partial charge in [0.15, 0.2) is 0 Å². The van der Waals surface area contributed by atoms with Crippen molar-refractivity contribution in [3.63, 3.8) is 0 Å². The minimum Gasteiger partial charge on any atom is -0.478 e. The Hall–Kier alpha value is -2.95. The van der Waals surface area contributed by atoms with Crippen molar-refractivity contribution in [3.05, 3.63) is 85.3 Å². The molecule has 0 fully saturated rings. The zero-order valence-electron chi connectivity index (χ0n) is 19.4. The molecule has 0 radical (unpaired) electrons. The van der Waals surface area contributed by atoms with E-state index in [4.69, 9.17) is 51.5 Å². The fourth-order valence-corrected chi connectivity index (χ4v) is 5.36. The van der Waals surface area contributed by atoms with Gasteiger partial charge < -0.3 is 20.8 Å². The molecule has 8 nitrogen and oxygen atoms in total. The molecule has 0 aliphatic heterocycles. The maximum Gasteiger partial charge on any atom is 0.338 e. The van der Waals surface area contributed by atoms with Crippen LogP contribution in [0, 0.1) is 0 Å². The van der Waals surface area contributed by atoms with E-state index in [1.807, 2.05) is 6.92 Å². The first-order valence-corrected chi connectivity index (χ1v) is 13.1. The van der Waals surface area contributed by atoms with Gasteiger partial charge in [-0.05, 0) is 42.8 Å². The SMILES string of the molecule is CCC(Sc1cccc(NC(=O)c2c(Cl)c(Cl)c(Cl)c(Cl)c2C(=O)O)c1)C(=O)Nc1cccc(C(=O)O)c1. The molecule has 3 aromatic carbocycles.